The zero-order valence-electron chi connectivity index (χ0n) is 11.6. The number of rotatable bonds is 4. The Kier molecular flexibility index (Phi) is 4.51. The van der Waals surface area contributed by atoms with Gasteiger partial charge >= 0.3 is 0 Å². The van der Waals surface area contributed by atoms with Gasteiger partial charge in [-0.25, -0.2) is 0 Å². The van der Waals surface area contributed by atoms with Crippen molar-refractivity contribution in [1.82, 2.24) is 5.32 Å². The van der Waals surface area contributed by atoms with Crippen LogP contribution in [0.15, 0.2) is 47.8 Å². The Hall–Kier alpha value is -1.06. The number of hydrogen-bond acceptors (Lipinski definition) is 2. The monoisotopic (exact) mass is 335 g/mol. The summed E-state index contributed by atoms with van der Waals surface area (Å²) in [4.78, 5) is 0. The molecule has 3 rings (SSSR count). The molecule has 0 fully saturated rings. The summed E-state index contributed by atoms with van der Waals surface area (Å²) in [7, 11) is 1.97. The SMILES string of the molecule is CNC(Cc1csc2ccccc12)c1ccc(Cl)c(Cl)c1. The molecule has 0 saturated heterocycles. The molecular weight excluding hydrogens is 321 g/mol. The largest absolute Gasteiger partial charge is 0.313 e. The van der Waals surface area contributed by atoms with Crippen LogP contribution in [-0.4, -0.2) is 7.05 Å². The molecule has 1 atom stereocenters. The van der Waals surface area contributed by atoms with E-state index < -0.39 is 0 Å². The van der Waals surface area contributed by atoms with Crippen LogP contribution in [0.4, 0.5) is 0 Å². The minimum Gasteiger partial charge on any atom is -0.313 e. The van der Waals surface area contributed by atoms with E-state index in [1.165, 1.54) is 15.6 Å². The minimum absolute atomic E-state index is 0.220. The summed E-state index contributed by atoms with van der Waals surface area (Å²) in [5.74, 6) is 0. The predicted molar refractivity (Wildman–Crippen MR) is 93.8 cm³/mol. The highest BCUT2D eigenvalue weighted by atomic mass is 35.5. The summed E-state index contributed by atoms with van der Waals surface area (Å²) in [5.41, 5.74) is 2.52. The molecule has 1 aromatic heterocycles. The third-order valence-electron chi connectivity index (χ3n) is 3.68. The van der Waals surface area contributed by atoms with Crippen molar-refractivity contribution in [2.24, 2.45) is 0 Å². The molecule has 108 valence electrons. The van der Waals surface area contributed by atoms with Crippen molar-refractivity contribution in [2.75, 3.05) is 7.05 Å². The maximum Gasteiger partial charge on any atom is 0.0595 e. The first-order valence-corrected chi connectivity index (χ1v) is 8.40. The van der Waals surface area contributed by atoms with Gasteiger partial charge in [-0.3, -0.25) is 0 Å². The van der Waals surface area contributed by atoms with E-state index >= 15 is 0 Å². The molecule has 1 heterocycles. The van der Waals surface area contributed by atoms with E-state index in [4.69, 9.17) is 23.2 Å². The van der Waals surface area contributed by atoms with Gasteiger partial charge in [-0.1, -0.05) is 47.5 Å². The third-order valence-corrected chi connectivity index (χ3v) is 5.43. The van der Waals surface area contributed by atoms with Gasteiger partial charge in [-0.2, -0.15) is 0 Å². The van der Waals surface area contributed by atoms with Crippen LogP contribution >= 0.6 is 34.5 Å². The Labute approximate surface area is 138 Å². The molecule has 4 heteroatoms. The van der Waals surface area contributed by atoms with E-state index in [-0.39, 0.29) is 6.04 Å². The molecule has 0 aliphatic carbocycles. The van der Waals surface area contributed by atoms with Gasteiger partial charge in [-0.15, -0.1) is 11.3 Å². The maximum absolute atomic E-state index is 6.13. The number of nitrogens with one attached hydrogen (secondary N) is 1. The van der Waals surface area contributed by atoms with Crippen molar-refractivity contribution in [1.29, 1.82) is 0 Å². The standard InChI is InChI=1S/C17H15Cl2NS/c1-20-16(11-6-7-14(18)15(19)8-11)9-12-10-21-17-5-3-2-4-13(12)17/h2-8,10,16,20H,9H2,1H3. The van der Waals surface area contributed by atoms with E-state index in [0.29, 0.717) is 10.0 Å². The molecule has 1 unspecified atom stereocenters. The number of likely N-dealkylation sites (N-methyl/N-ethyl adjacent to an activating group) is 1. The van der Waals surface area contributed by atoms with Crippen LogP contribution in [0.3, 0.4) is 0 Å². The van der Waals surface area contributed by atoms with Crippen LogP contribution in [0.2, 0.25) is 10.0 Å². The lowest BCUT2D eigenvalue weighted by Crippen LogP contribution is -2.18. The summed E-state index contributed by atoms with van der Waals surface area (Å²) in [6.07, 6.45) is 0.929. The van der Waals surface area contributed by atoms with E-state index in [1.807, 2.05) is 25.2 Å². The van der Waals surface area contributed by atoms with Crippen LogP contribution < -0.4 is 5.32 Å². The Morgan fingerprint density at radius 2 is 1.90 bits per heavy atom. The van der Waals surface area contributed by atoms with Crippen molar-refractivity contribution in [3.63, 3.8) is 0 Å². The quantitative estimate of drug-likeness (QED) is 0.643. The topological polar surface area (TPSA) is 12.0 Å². The minimum atomic E-state index is 0.220. The first kappa shape index (κ1) is 14.9. The van der Waals surface area contributed by atoms with Crippen LogP contribution in [0.25, 0.3) is 10.1 Å². The molecule has 1 N–H and O–H groups in total. The second-order valence-corrected chi connectivity index (χ2v) is 6.70. The third kappa shape index (κ3) is 3.09. The van der Waals surface area contributed by atoms with Crippen molar-refractivity contribution >= 4 is 44.6 Å². The van der Waals surface area contributed by atoms with Crippen molar-refractivity contribution < 1.29 is 0 Å². The maximum atomic E-state index is 6.13. The molecule has 2 aromatic carbocycles. The number of thiophene rings is 1. The zero-order valence-corrected chi connectivity index (χ0v) is 13.9. The van der Waals surface area contributed by atoms with Gasteiger partial charge in [-0.05, 0) is 53.6 Å². The van der Waals surface area contributed by atoms with Gasteiger partial charge in [0.05, 0.1) is 10.0 Å². The predicted octanol–water partition coefficient (Wildman–Crippen LogP) is 5.71. The Balaban J connectivity index is 1.92. The summed E-state index contributed by atoms with van der Waals surface area (Å²) in [6.45, 7) is 0. The molecule has 21 heavy (non-hydrogen) atoms. The zero-order chi connectivity index (χ0) is 14.8. The highest BCUT2D eigenvalue weighted by Crippen LogP contribution is 2.31. The smallest absolute Gasteiger partial charge is 0.0595 e. The van der Waals surface area contributed by atoms with Crippen molar-refractivity contribution in [3.05, 3.63) is 69.0 Å². The van der Waals surface area contributed by atoms with Crippen LogP contribution in [0.5, 0.6) is 0 Å². The summed E-state index contributed by atoms with van der Waals surface area (Å²) in [6, 6.07) is 14.6. The first-order chi connectivity index (χ1) is 10.2. The Morgan fingerprint density at radius 1 is 1.10 bits per heavy atom. The van der Waals surface area contributed by atoms with Gasteiger partial charge < -0.3 is 5.32 Å². The fourth-order valence-corrected chi connectivity index (χ4v) is 3.81. The first-order valence-electron chi connectivity index (χ1n) is 6.76. The molecule has 1 nitrogen and oxygen atoms in total. The van der Waals surface area contributed by atoms with Gasteiger partial charge in [0.25, 0.3) is 0 Å². The number of fused-ring (bicyclic) bond motifs is 1. The number of halogens is 2. The van der Waals surface area contributed by atoms with Crippen molar-refractivity contribution in [2.45, 2.75) is 12.5 Å². The van der Waals surface area contributed by atoms with Gasteiger partial charge in [0.2, 0.25) is 0 Å². The van der Waals surface area contributed by atoms with Crippen LogP contribution in [0, 0.1) is 0 Å². The lowest BCUT2D eigenvalue weighted by atomic mass is 9.98. The highest BCUT2D eigenvalue weighted by Gasteiger charge is 2.14. The van der Waals surface area contributed by atoms with Gasteiger partial charge in [0, 0.05) is 10.7 Å². The lowest BCUT2D eigenvalue weighted by molar-refractivity contribution is 0.594. The molecule has 0 bridgehead atoms. The van der Waals surface area contributed by atoms with Gasteiger partial charge in [0.15, 0.2) is 0 Å². The summed E-state index contributed by atoms with van der Waals surface area (Å²) in [5, 5.41) is 8.14. The van der Waals surface area contributed by atoms with E-state index in [9.17, 15) is 0 Å². The molecule has 0 amide bonds. The summed E-state index contributed by atoms with van der Waals surface area (Å²) < 4.78 is 1.33. The van der Waals surface area contributed by atoms with Crippen molar-refractivity contribution in [3.8, 4) is 0 Å². The molecule has 0 aliphatic rings. The fraction of sp³-hybridized carbons (Fsp3) is 0.176. The van der Waals surface area contributed by atoms with E-state index in [1.54, 1.807) is 11.3 Å². The second kappa shape index (κ2) is 6.37. The molecule has 0 radical (unpaired) electrons. The average Bonchev–Trinajstić information content (AvgIpc) is 2.91. The lowest BCUT2D eigenvalue weighted by Gasteiger charge is -2.17. The molecule has 0 saturated carbocycles. The number of benzene rings is 2. The molecule has 3 aromatic rings. The molecule has 0 aliphatic heterocycles. The normalized spacial score (nSPS) is 12.7. The van der Waals surface area contributed by atoms with E-state index in [0.717, 1.165) is 12.0 Å². The summed E-state index contributed by atoms with van der Waals surface area (Å²) >= 11 is 13.9. The van der Waals surface area contributed by atoms with Gasteiger partial charge in [0.1, 0.15) is 0 Å². The highest BCUT2D eigenvalue weighted by molar-refractivity contribution is 7.17. The molecular formula is C17H15Cl2NS. The Morgan fingerprint density at radius 3 is 2.67 bits per heavy atom. The fourth-order valence-electron chi connectivity index (χ4n) is 2.53. The number of hydrogen-bond donors (Lipinski definition) is 1. The second-order valence-electron chi connectivity index (χ2n) is 4.98. The van der Waals surface area contributed by atoms with Crippen LogP contribution in [-0.2, 0) is 6.42 Å². The van der Waals surface area contributed by atoms with E-state index in [2.05, 4.69) is 35.0 Å². The average molecular weight is 336 g/mol. The Bertz CT molecular complexity index is 766. The molecule has 0 spiro atoms. The van der Waals surface area contributed by atoms with Crippen LogP contribution in [0.1, 0.15) is 17.2 Å².